The van der Waals surface area contributed by atoms with Crippen molar-refractivity contribution in [1.82, 2.24) is 10.3 Å². The molecule has 2 heteroatoms. The zero-order valence-corrected chi connectivity index (χ0v) is 12.3. The predicted octanol–water partition coefficient (Wildman–Crippen LogP) is 4.12. The first kappa shape index (κ1) is 13.6. The summed E-state index contributed by atoms with van der Waals surface area (Å²) in [5, 5.41) is 6.29. The fraction of sp³-hybridized carbons (Fsp3) is 0.500. The molecular weight excluding hydrogens is 244 g/mol. The Kier molecular flexibility index (Phi) is 4.31. The number of benzene rings is 1. The van der Waals surface area contributed by atoms with Crippen molar-refractivity contribution in [2.24, 2.45) is 5.92 Å². The molecule has 1 heterocycles. The maximum absolute atomic E-state index is 4.25. The Bertz CT molecular complexity index is 559. The lowest BCUT2D eigenvalue weighted by Crippen LogP contribution is -2.25. The van der Waals surface area contributed by atoms with E-state index in [1.54, 1.807) is 0 Å². The second-order valence-corrected chi connectivity index (χ2v) is 5.95. The molecule has 1 aromatic carbocycles. The summed E-state index contributed by atoms with van der Waals surface area (Å²) in [4.78, 5) is 4.25. The molecule has 0 aliphatic heterocycles. The molecule has 0 bridgehead atoms. The van der Waals surface area contributed by atoms with E-state index in [4.69, 9.17) is 0 Å². The Morgan fingerprint density at radius 2 is 2.20 bits per heavy atom. The van der Waals surface area contributed by atoms with Gasteiger partial charge < -0.3 is 5.32 Å². The molecule has 1 aromatic heterocycles. The molecule has 0 spiro atoms. The van der Waals surface area contributed by atoms with Gasteiger partial charge in [0.2, 0.25) is 0 Å². The van der Waals surface area contributed by atoms with Gasteiger partial charge in [-0.05, 0) is 61.2 Å². The van der Waals surface area contributed by atoms with Crippen molar-refractivity contribution in [3.63, 3.8) is 0 Å². The molecule has 2 nitrogen and oxygen atoms in total. The maximum Gasteiger partial charge on any atom is 0.0346 e. The maximum atomic E-state index is 4.25. The van der Waals surface area contributed by atoms with Crippen LogP contribution in [0.5, 0.6) is 0 Å². The molecule has 2 atom stereocenters. The van der Waals surface area contributed by atoms with Gasteiger partial charge in [0.25, 0.3) is 0 Å². The zero-order valence-electron chi connectivity index (χ0n) is 12.3. The highest BCUT2D eigenvalue weighted by molar-refractivity contribution is 5.85. The lowest BCUT2D eigenvalue weighted by Gasteiger charge is -2.22. The summed E-state index contributed by atoms with van der Waals surface area (Å²) in [6, 6.07) is 8.87. The predicted molar refractivity (Wildman–Crippen MR) is 85.0 cm³/mol. The third-order valence-electron chi connectivity index (χ3n) is 4.61. The van der Waals surface area contributed by atoms with Crippen molar-refractivity contribution in [2.45, 2.75) is 38.5 Å². The highest BCUT2D eigenvalue weighted by atomic mass is 14.9. The first-order chi connectivity index (χ1) is 9.90. The standard InChI is InChI=1S/C18H24N2/c1-2-10-19-12-14-5-3-7-16(14)18-8-4-6-15-13-20-11-9-17(15)18/h4,6,8-9,11,13-14,16,19H,2-3,5,7,10,12H2,1H3. The fourth-order valence-electron chi connectivity index (χ4n) is 3.63. The van der Waals surface area contributed by atoms with Gasteiger partial charge in [-0.25, -0.2) is 0 Å². The smallest absolute Gasteiger partial charge is 0.0346 e. The molecule has 2 aromatic rings. The van der Waals surface area contributed by atoms with Crippen LogP contribution in [0.4, 0.5) is 0 Å². The van der Waals surface area contributed by atoms with E-state index in [-0.39, 0.29) is 0 Å². The van der Waals surface area contributed by atoms with E-state index in [0.717, 1.165) is 12.5 Å². The van der Waals surface area contributed by atoms with E-state index in [9.17, 15) is 0 Å². The number of rotatable bonds is 5. The minimum Gasteiger partial charge on any atom is -0.316 e. The monoisotopic (exact) mass is 268 g/mol. The summed E-state index contributed by atoms with van der Waals surface area (Å²) in [5.74, 6) is 1.51. The van der Waals surface area contributed by atoms with Crippen molar-refractivity contribution >= 4 is 10.8 Å². The van der Waals surface area contributed by atoms with E-state index in [0.29, 0.717) is 5.92 Å². The summed E-state index contributed by atoms with van der Waals surface area (Å²) in [7, 11) is 0. The number of fused-ring (bicyclic) bond motifs is 1. The summed E-state index contributed by atoms with van der Waals surface area (Å²) < 4.78 is 0. The van der Waals surface area contributed by atoms with Crippen LogP contribution in [0, 0.1) is 5.92 Å². The van der Waals surface area contributed by atoms with Crippen LogP contribution >= 0.6 is 0 Å². The third kappa shape index (κ3) is 2.71. The molecule has 3 rings (SSSR count). The molecule has 106 valence electrons. The molecule has 0 saturated heterocycles. The van der Waals surface area contributed by atoms with Gasteiger partial charge in [0.1, 0.15) is 0 Å². The highest BCUT2D eigenvalue weighted by Crippen LogP contribution is 2.41. The molecule has 1 aliphatic rings. The SMILES string of the molecule is CCCNCC1CCCC1c1cccc2cnccc12. The van der Waals surface area contributed by atoms with Crippen LogP contribution in [0.1, 0.15) is 44.1 Å². The van der Waals surface area contributed by atoms with Crippen molar-refractivity contribution in [3.05, 3.63) is 42.2 Å². The van der Waals surface area contributed by atoms with Crippen molar-refractivity contribution in [2.75, 3.05) is 13.1 Å². The minimum atomic E-state index is 0.713. The van der Waals surface area contributed by atoms with Gasteiger partial charge >= 0.3 is 0 Å². The average molecular weight is 268 g/mol. The Labute approximate surface area is 121 Å². The van der Waals surface area contributed by atoms with E-state index in [1.807, 2.05) is 12.4 Å². The van der Waals surface area contributed by atoms with Gasteiger partial charge in [-0.3, -0.25) is 4.98 Å². The van der Waals surface area contributed by atoms with Crippen LogP contribution < -0.4 is 5.32 Å². The molecular formula is C18H24N2. The van der Waals surface area contributed by atoms with E-state index in [1.165, 1.54) is 48.6 Å². The van der Waals surface area contributed by atoms with Crippen LogP contribution in [-0.2, 0) is 0 Å². The van der Waals surface area contributed by atoms with Gasteiger partial charge in [-0.1, -0.05) is 31.5 Å². The zero-order chi connectivity index (χ0) is 13.8. The highest BCUT2D eigenvalue weighted by Gasteiger charge is 2.29. The summed E-state index contributed by atoms with van der Waals surface area (Å²) in [6.45, 7) is 4.54. The number of aromatic nitrogens is 1. The van der Waals surface area contributed by atoms with Gasteiger partial charge in [-0.2, -0.15) is 0 Å². The molecule has 1 N–H and O–H groups in total. The normalized spacial score (nSPS) is 22.4. The second kappa shape index (κ2) is 6.36. The topological polar surface area (TPSA) is 24.9 Å². The largest absolute Gasteiger partial charge is 0.316 e. The first-order valence-corrected chi connectivity index (χ1v) is 7.93. The number of nitrogens with zero attached hydrogens (tertiary/aromatic N) is 1. The van der Waals surface area contributed by atoms with Crippen LogP contribution in [0.15, 0.2) is 36.7 Å². The molecule has 1 fully saturated rings. The summed E-state index contributed by atoms with van der Waals surface area (Å²) >= 11 is 0. The first-order valence-electron chi connectivity index (χ1n) is 7.93. The van der Waals surface area contributed by atoms with Crippen molar-refractivity contribution < 1.29 is 0 Å². The van der Waals surface area contributed by atoms with Crippen molar-refractivity contribution in [1.29, 1.82) is 0 Å². The van der Waals surface area contributed by atoms with E-state index >= 15 is 0 Å². The number of nitrogens with one attached hydrogen (secondary N) is 1. The quantitative estimate of drug-likeness (QED) is 0.825. The lowest BCUT2D eigenvalue weighted by molar-refractivity contribution is 0.446. The summed E-state index contributed by atoms with van der Waals surface area (Å²) in [6.07, 6.45) is 9.19. The van der Waals surface area contributed by atoms with Crippen LogP contribution in [-0.4, -0.2) is 18.1 Å². The lowest BCUT2D eigenvalue weighted by atomic mass is 9.86. The minimum absolute atomic E-state index is 0.713. The van der Waals surface area contributed by atoms with Crippen molar-refractivity contribution in [3.8, 4) is 0 Å². The Balaban J connectivity index is 1.86. The average Bonchev–Trinajstić information content (AvgIpc) is 2.95. The fourth-order valence-corrected chi connectivity index (χ4v) is 3.63. The van der Waals surface area contributed by atoms with Crippen LogP contribution in [0.25, 0.3) is 10.8 Å². The van der Waals surface area contributed by atoms with E-state index < -0.39 is 0 Å². The molecule has 0 radical (unpaired) electrons. The summed E-state index contributed by atoms with van der Waals surface area (Å²) in [5.41, 5.74) is 1.53. The van der Waals surface area contributed by atoms with Crippen LogP contribution in [0.2, 0.25) is 0 Å². The second-order valence-electron chi connectivity index (χ2n) is 5.95. The van der Waals surface area contributed by atoms with E-state index in [2.05, 4.69) is 41.5 Å². The number of hydrogen-bond donors (Lipinski definition) is 1. The molecule has 20 heavy (non-hydrogen) atoms. The Hall–Kier alpha value is -1.41. The Morgan fingerprint density at radius 3 is 3.10 bits per heavy atom. The molecule has 1 aliphatic carbocycles. The molecule has 1 saturated carbocycles. The van der Waals surface area contributed by atoms with Gasteiger partial charge in [0.15, 0.2) is 0 Å². The molecule has 0 amide bonds. The number of hydrogen-bond acceptors (Lipinski definition) is 2. The van der Waals surface area contributed by atoms with Crippen LogP contribution in [0.3, 0.4) is 0 Å². The number of pyridine rings is 1. The third-order valence-corrected chi connectivity index (χ3v) is 4.61. The Morgan fingerprint density at radius 1 is 1.25 bits per heavy atom. The van der Waals surface area contributed by atoms with Gasteiger partial charge in [-0.15, -0.1) is 0 Å². The molecule has 2 unspecified atom stereocenters. The van der Waals surface area contributed by atoms with Gasteiger partial charge in [0.05, 0.1) is 0 Å². The van der Waals surface area contributed by atoms with Gasteiger partial charge in [0, 0.05) is 17.8 Å².